The number of hydrogen-bond acceptors (Lipinski definition) is 4. The molecular weight excluding hydrogens is 172 g/mol. The smallest absolute Gasteiger partial charge is 0.316 e. The topological polar surface area (TPSA) is 63.6 Å². The number of aliphatic hydroxyl groups is 1. The molecule has 0 aromatic heterocycles. The minimum Gasteiger partial charge on any atom is -0.465 e. The lowest BCUT2D eigenvalue weighted by molar-refractivity contribution is -0.144. The molecule has 1 aliphatic rings. The molecule has 1 saturated heterocycles. The van der Waals surface area contributed by atoms with Gasteiger partial charge in [-0.05, 0) is 6.42 Å². The minimum atomic E-state index is -0.718. The van der Waals surface area contributed by atoms with Crippen molar-refractivity contribution >= 4 is 11.8 Å². The van der Waals surface area contributed by atoms with Gasteiger partial charge >= 0.3 is 5.97 Å². The number of cyclic esters (lactones) is 1. The van der Waals surface area contributed by atoms with E-state index in [1.54, 1.807) is 0 Å². The lowest BCUT2D eigenvalue weighted by Crippen LogP contribution is -2.27. The van der Waals surface area contributed by atoms with Gasteiger partial charge in [0.15, 0.2) is 0 Å². The van der Waals surface area contributed by atoms with Gasteiger partial charge in [-0.1, -0.05) is 6.92 Å². The fourth-order valence-corrected chi connectivity index (χ4v) is 1.52. The third-order valence-corrected chi connectivity index (χ3v) is 2.24. The van der Waals surface area contributed by atoms with Crippen molar-refractivity contribution in [1.82, 2.24) is 0 Å². The van der Waals surface area contributed by atoms with Crippen molar-refractivity contribution in [2.75, 3.05) is 13.2 Å². The van der Waals surface area contributed by atoms with Gasteiger partial charge in [-0.25, -0.2) is 0 Å². The number of rotatable bonds is 4. The first-order chi connectivity index (χ1) is 6.20. The normalized spacial score (nSPS) is 27.4. The second kappa shape index (κ2) is 4.37. The molecule has 4 heteroatoms. The van der Waals surface area contributed by atoms with Crippen LogP contribution in [0.4, 0.5) is 0 Å². The van der Waals surface area contributed by atoms with Gasteiger partial charge in [-0.3, -0.25) is 9.59 Å². The molecule has 13 heavy (non-hydrogen) atoms. The zero-order valence-corrected chi connectivity index (χ0v) is 7.66. The van der Waals surface area contributed by atoms with Crippen LogP contribution in [0.25, 0.3) is 0 Å². The van der Waals surface area contributed by atoms with E-state index in [9.17, 15) is 9.59 Å². The predicted molar refractivity (Wildman–Crippen MR) is 44.9 cm³/mol. The van der Waals surface area contributed by atoms with E-state index < -0.39 is 11.9 Å². The van der Waals surface area contributed by atoms with Crippen LogP contribution in [0, 0.1) is 11.8 Å². The SMILES string of the molecule is CCCC(=O)C1C(=O)OC[C@@H]1CO. The average molecular weight is 186 g/mol. The monoisotopic (exact) mass is 186 g/mol. The molecule has 1 fully saturated rings. The fraction of sp³-hybridized carbons (Fsp3) is 0.778. The van der Waals surface area contributed by atoms with Gasteiger partial charge in [-0.15, -0.1) is 0 Å². The maximum atomic E-state index is 11.4. The maximum absolute atomic E-state index is 11.4. The van der Waals surface area contributed by atoms with Crippen molar-refractivity contribution in [2.24, 2.45) is 11.8 Å². The van der Waals surface area contributed by atoms with Crippen LogP contribution in [0.1, 0.15) is 19.8 Å². The molecule has 0 radical (unpaired) electrons. The van der Waals surface area contributed by atoms with Crippen LogP contribution in [0.15, 0.2) is 0 Å². The van der Waals surface area contributed by atoms with E-state index in [1.807, 2.05) is 6.92 Å². The zero-order valence-electron chi connectivity index (χ0n) is 7.66. The molecule has 1 rings (SSSR count). The first-order valence-electron chi connectivity index (χ1n) is 4.51. The van der Waals surface area contributed by atoms with E-state index >= 15 is 0 Å². The Morgan fingerprint density at radius 1 is 1.69 bits per heavy atom. The Balaban J connectivity index is 2.63. The second-order valence-corrected chi connectivity index (χ2v) is 3.27. The van der Waals surface area contributed by atoms with Crippen molar-refractivity contribution < 1.29 is 19.4 Å². The Kier molecular flexibility index (Phi) is 3.42. The highest BCUT2D eigenvalue weighted by Gasteiger charge is 2.40. The van der Waals surface area contributed by atoms with Crippen LogP contribution in [-0.2, 0) is 14.3 Å². The number of carbonyl (C=O) groups is 2. The lowest BCUT2D eigenvalue weighted by atomic mass is 9.90. The van der Waals surface area contributed by atoms with Gasteiger partial charge in [-0.2, -0.15) is 0 Å². The maximum Gasteiger partial charge on any atom is 0.316 e. The number of ketones is 1. The van der Waals surface area contributed by atoms with E-state index in [4.69, 9.17) is 9.84 Å². The second-order valence-electron chi connectivity index (χ2n) is 3.27. The van der Waals surface area contributed by atoms with Gasteiger partial charge in [0.1, 0.15) is 11.7 Å². The van der Waals surface area contributed by atoms with Gasteiger partial charge in [0.05, 0.1) is 13.2 Å². The third-order valence-electron chi connectivity index (χ3n) is 2.24. The third kappa shape index (κ3) is 2.06. The first-order valence-corrected chi connectivity index (χ1v) is 4.51. The quantitative estimate of drug-likeness (QED) is 0.501. The van der Waals surface area contributed by atoms with Crippen molar-refractivity contribution in [3.8, 4) is 0 Å². The first kappa shape index (κ1) is 10.2. The van der Waals surface area contributed by atoms with Gasteiger partial charge in [0.2, 0.25) is 0 Å². The molecule has 74 valence electrons. The molecule has 0 amide bonds. The largest absolute Gasteiger partial charge is 0.465 e. The molecule has 2 atom stereocenters. The lowest BCUT2D eigenvalue weighted by Gasteiger charge is -2.09. The van der Waals surface area contributed by atoms with Crippen molar-refractivity contribution in [3.05, 3.63) is 0 Å². The van der Waals surface area contributed by atoms with Gasteiger partial charge in [0.25, 0.3) is 0 Å². The molecule has 0 aromatic rings. The summed E-state index contributed by atoms with van der Waals surface area (Å²) in [4.78, 5) is 22.5. The molecule has 1 N–H and O–H groups in total. The van der Waals surface area contributed by atoms with E-state index in [0.717, 1.165) is 6.42 Å². The molecule has 1 heterocycles. The Bertz CT molecular complexity index is 212. The van der Waals surface area contributed by atoms with Crippen LogP contribution >= 0.6 is 0 Å². The highest BCUT2D eigenvalue weighted by molar-refractivity contribution is 6.00. The van der Waals surface area contributed by atoms with Crippen LogP contribution in [0.3, 0.4) is 0 Å². The van der Waals surface area contributed by atoms with Crippen LogP contribution in [0.2, 0.25) is 0 Å². The van der Waals surface area contributed by atoms with Crippen LogP contribution in [-0.4, -0.2) is 30.1 Å². The standard InChI is InChI=1S/C9H14O4/c1-2-3-7(11)8-6(4-10)5-13-9(8)12/h6,8,10H,2-5H2,1H3/t6-,8?/m0/s1. The molecule has 4 nitrogen and oxygen atoms in total. The summed E-state index contributed by atoms with van der Waals surface area (Å²) in [6.45, 7) is 1.90. The zero-order chi connectivity index (χ0) is 9.84. The molecular formula is C9H14O4. The van der Waals surface area contributed by atoms with Gasteiger partial charge < -0.3 is 9.84 Å². The Labute approximate surface area is 76.9 Å². The van der Waals surface area contributed by atoms with Gasteiger partial charge in [0, 0.05) is 12.3 Å². The molecule has 1 unspecified atom stereocenters. The molecule has 0 spiro atoms. The Morgan fingerprint density at radius 2 is 2.38 bits per heavy atom. The summed E-state index contributed by atoms with van der Waals surface area (Å²) in [5.74, 6) is -1.63. The minimum absolute atomic E-state index is 0.107. The van der Waals surface area contributed by atoms with E-state index in [0.29, 0.717) is 6.42 Å². The number of ether oxygens (including phenoxy) is 1. The van der Waals surface area contributed by atoms with Crippen molar-refractivity contribution in [1.29, 1.82) is 0 Å². The number of carbonyl (C=O) groups excluding carboxylic acids is 2. The number of esters is 1. The Hall–Kier alpha value is -0.900. The molecule has 1 aliphatic heterocycles. The summed E-state index contributed by atoms with van der Waals surface area (Å²) in [7, 11) is 0. The summed E-state index contributed by atoms with van der Waals surface area (Å²) < 4.78 is 4.72. The fourth-order valence-electron chi connectivity index (χ4n) is 1.52. The summed E-state index contributed by atoms with van der Waals surface area (Å²) >= 11 is 0. The molecule has 0 aliphatic carbocycles. The van der Waals surface area contributed by atoms with E-state index in [-0.39, 0.29) is 24.9 Å². The average Bonchev–Trinajstić information content (AvgIpc) is 2.47. The van der Waals surface area contributed by atoms with Crippen molar-refractivity contribution in [2.45, 2.75) is 19.8 Å². The number of Topliss-reactive ketones (excluding diaryl/α,β-unsaturated/α-hetero) is 1. The number of aliphatic hydroxyl groups excluding tert-OH is 1. The Morgan fingerprint density at radius 3 is 2.92 bits per heavy atom. The summed E-state index contributed by atoms with van der Waals surface area (Å²) in [5.41, 5.74) is 0. The molecule has 0 aromatic carbocycles. The summed E-state index contributed by atoms with van der Waals surface area (Å²) in [5, 5.41) is 8.89. The van der Waals surface area contributed by atoms with E-state index in [1.165, 1.54) is 0 Å². The highest BCUT2D eigenvalue weighted by atomic mass is 16.5. The van der Waals surface area contributed by atoms with E-state index in [2.05, 4.69) is 0 Å². The molecule has 0 saturated carbocycles. The van der Waals surface area contributed by atoms with Crippen LogP contribution < -0.4 is 0 Å². The summed E-state index contributed by atoms with van der Waals surface area (Å²) in [6.07, 6.45) is 1.11. The molecule has 0 bridgehead atoms. The van der Waals surface area contributed by atoms with Crippen molar-refractivity contribution in [3.63, 3.8) is 0 Å². The predicted octanol–water partition coefficient (Wildman–Crippen LogP) is 0.137. The van der Waals surface area contributed by atoms with Crippen LogP contribution in [0.5, 0.6) is 0 Å². The highest BCUT2D eigenvalue weighted by Crippen LogP contribution is 2.24. The number of hydrogen-bond donors (Lipinski definition) is 1. The summed E-state index contributed by atoms with van der Waals surface area (Å²) in [6, 6.07) is 0.